The predicted octanol–water partition coefficient (Wildman–Crippen LogP) is 2.07. The van der Waals surface area contributed by atoms with Gasteiger partial charge in [0, 0.05) is 0 Å². The summed E-state index contributed by atoms with van der Waals surface area (Å²) in [5, 5.41) is 17.7. The molecule has 1 rings (SSSR count). The van der Waals surface area contributed by atoms with Gasteiger partial charge in [-0.1, -0.05) is 0 Å². The molecule has 17 heavy (non-hydrogen) atoms. The Morgan fingerprint density at radius 1 is 1.47 bits per heavy atom. The number of halogens is 3. The highest BCUT2D eigenvalue weighted by atomic mass is 19.4. The van der Waals surface area contributed by atoms with Crippen LogP contribution in [-0.2, 0) is 10.9 Å². The van der Waals surface area contributed by atoms with Crippen LogP contribution in [0, 0.1) is 11.3 Å². The number of phenolic OH excluding ortho intramolecular Hbond substituents is 1. The Balaban J connectivity index is 3.63. The molecule has 0 atom stereocenters. The molecule has 0 unspecified atom stereocenters. The largest absolute Gasteiger partial charge is 0.508 e. The number of rotatable bonds is 1. The fraction of sp³-hybridized carbons (Fsp3) is 0.200. The first kappa shape index (κ1) is 12.8. The maximum Gasteiger partial charge on any atom is 0.417 e. The molecule has 1 aromatic rings. The topological polar surface area (TPSA) is 70.3 Å². The van der Waals surface area contributed by atoms with Crippen molar-refractivity contribution in [1.82, 2.24) is 0 Å². The number of benzene rings is 1. The zero-order chi connectivity index (χ0) is 13.2. The minimum Gasteiger partial charge on any atom is -0.508 e. The van der Waals surface area contributed by atoms with Crippen LogP contribution in [0.15, 0.2) is 12.1 Å². The minimum atomic E-state index is -4.87. The van der Waals surface area contributed by atoms with E-state index in [1.807, 2.05) is 0 Å². The van der Waals surface area contributed by atoms with Crippen LogP contribution in [-0.4, -0.2) is 18.2 Å². The molecule has 0 saturated carbocycles. The van der Waals surface area contributed by atoms with Crippen LogP contribution < -0.4 is 0 Å². The van der Waals surface area contributed by atoms with E-state index in [4.69, 9.17) is 10.4 Å². The van der Waals surface area contributed by atoms with Crippen LogP contribution >= 0.6 is 0 Å². The molecule has 0 amide bonds. The number of hydrogen-bond acceptors (Lipinski definition) is 4. The van der Waals surface area contributed by atoms with Crippen molar-refractivity contribution in [3.63, 3.8) is 0 Å². The Kier molecular flexibility index (Phi) is 3.27. The summed E-state index contributed by atoms with van der Waals surface area (Å²) in [6, 6.07) is 2.54. The van der Waals surface area contributed by atoms with Gasteiger partial charge in [-0.25, -0.2) is 4.79 Å². The van der Waals surface area contributed by atoms with Crippen LogP contribution in [0.1, 0.15) is 21.5 Å². The van der Waals surface area contributed by atoms with Gasteiger partial charge in [-0.15, -0.1) is 0 Å². The third-order valence-electron chi connectivity index (χ3n) is 1.94. The molecular weight excluding hydrogens is 239 g/mol. The molecule has 1 aromatic carbocycles. The number of alkyl halides is 3. The van der Waals surface area contributed by atoms with Gasteiger partial charge in [-0.2, -0.15) is 18.4 Å². The molecule has 0 aromatic heterocycles. The lowest BCUT2D eigenvalue weighted by Crippen LogP contribution is -2.16. The summed E-state index contributed by atoms with van der Waals surface area (Å²) in [5.41, 5.74) is -2.90. The average molecular weight is 245 g/mol. The first-order chi connectivity index (χ1) is 7.81. The Morgan fingerprint density at radius 2 is 2.06 bits per heavy atom. The van der Waals surface area contributed by atoms with E-state index in [9.17, 15) is 18.0 Å². The van der Waals surface area contributed by atoms with E-state index in [1.165, 1.54) is 6.07 Å². The monoisotopic (exact) mass is 245 g/mol. The van der Waals surface area contributed by atoms with Crippen molar-refractivity contribution in [1.29, 1.82) is 5.26 Å². The number of phenols is 1. The zero-order valence-corrected chi connectivity index (χ0v) is 8.50. The lowest BCUT2D eigenvalue weighted by molar-refractivity contribution is -0.138. The molecule has 0 aliphatic rings. The summed E-state index contributed by atoms with van der Waals surface area (Å²) in [4.78, 5) is 11.2. The Labute approximate surface area is 93.8 Å². The lowest BCUT2D eigenvalue weighted by atomic mass is 10.0. The molecule has 0 heterocycles. The fourth-order valence-corrected chi connectivity index (χ4v) is 1.26. The van der Waals surface area contributed by atoms with Gasteiger partial charge in [0.15, 0.2) is 0 Å². The SMILES string of the molecule is COC(=O)c1c(C#N)cc(O)cc1C(F)(F)F. The van der Waals surface area contributed by atoms with Crippen LogP contribution in [0.25, 0.3) is 0 Å². The molecule has 90 valence electrons. The summed E-state index contributed by atoms with van der Waals surface area (Å²) in [7, 11) is 0.899. The number of nitriles is 1. The van der Waals surface area contributed by atoms with E-state index in [1.54, 1.807) is 0 Å². The van der Waals surface area contributed by atoms with Crippen molar-refractivity contribution in [2.45, 2.75) is 6.18 Å². The van der Waals surface area contributed by atoms with Gasteiger partial charge in [0.25, 0.3) is 0 Å². The number of ether oxygens (including phenoxy) is 1. The first-order valence-electron chi connectivity index (χ1n) is 4.24. The molecule has 0 spiro atoms. The molecule has 7 heteroatoms. The van der Waals surface area contributed by atoms with E-state index in [2.05, 4.69) is 4.74 Å². The Morgan fingerprint density at radius 3 is 2.47 bits per heavy atom. The van der Waals surface area contributed by atoms with Crippen molar-refractivity contribution in [3.8, 4) is 11.8 Å². The van der Waals surface area contributed by atoms with Crippen LogP contribution in [0.3, 0.4) is 0 Å². The number of nitrogens with zero attached hydrogens (tertiary/aromatic N) is 1. The van der Waals surface area contributed by atoms with Crippen molar-refractivity contribution >= 4 is 5.97 Å². The van der Waals surface area contributed by atoms with Crippen LogP contribution in [0.2, 0.25) is 0 Å². The third-order valence-corrected chi connectivity index (χ3v) is 1.94. The van der Waals surface area contributed by atoms with Gasteiger partial charge in [-0.05, 0) is 12.1 Å². The van der Waals surface area contributed by atoms with E-state index in [-0.39, 0.29) is 0 Å². The maximum atomic E-state index is 12.6. The number of aromatic hydroxyl groups is 1. The van der Waals surface area contributed by atoms with Gasteiger partial charge in [0.2, 0.25) is 0 Å². The minimum absolute atomic E-state index is 0.368. The van der Waals surface area contributed by atoms with Gasteiger partial charge < -0.3 is 9.84 Å². The number of carbonyl (C=O) groups is 1. The quantitative estimate of drug-likeness (QED) is 0.769. The van der Waals surface area contributed by atoms with E-state index >= 15 is 0 Å². The number of esters is 1. The second-order valence-electron chi connectivity index (χ2n) is 3.02. The van der Waals surface area contributed by atoms with Gasteiger partial charge in [-0.3, -0.25) is 0 Å². The third kappa shape index (κ3) is 2.47. The van der Waals surface area contributed by atoms with Gasteiger partial charge in [0.05, 0.1) is 23.8 Å². The molecule has 0 aliphatic carbocycles. The number of hydrogen-bond donors (Lipinski definition) is 1. The van der Waals surface area contributed by atoms with E-state index < -0.39 is 34.6 Å². The Bertz CT molecular complexity index is 503. The maximum absolute atomic E-state index is 12.6. The number of methoxy groups -OCH3 is 1. The molecule has 0 saturated heterocycles. The van der Waals surface area contributed by atoms with Gasteiger partial charge in [0.1, 0.15) is 11.8 Å². The normalized spacial score (nSPS) is 10.8. The highest BCUT2D eigenvalue weighted by Gasteiger charge is 2.37. The fourth-order valence-electron chi connectivity index (χ4n) is 1.26. The Hall–Kier alpha value is -2.23. The van der Waals surface area contributed by atoms with Crippen molar-refractivity contribution in [2.24, 2.45) is 0 Å². The molecule has 1 N–H and O–H groups in total. The molecule has 4 nitrogen and oxygen atoms in total. The summed E-state index contributed by atoms with van der Waals surface area (Å²) in [6.07, 6.45) is -4.87. The van der Waals surface area contributed by atoms with E-state index in [0.717, 1.165) is 13.2 Å². The van der Waals surface area contributed by atoms with E-state index in [0.29, 0.717) is 6.07 Å². The summed E-state index contributed by atoms with van der Waals surface area (Å²) in [5.74, 6) is -2.03. The van der Waals surface area contributed by atoms with Crippen LogP contribution in [0.4, 0.5) is 13.2 Å². The highest BCUT2D eigenvalue weighted by molar-refractivity contribution is 5.94. The summed E-state index contributed by atoms with van der Waals surface area (Å²) in [6.45, 7) is 0. The van der Waals surface area contributed by atoms with Crippen molar-refractivity contribution in [2.75, 3.05) is 7.11 Å². The second-order valence-corrected chi connectivity index (χ2v) is 3.02. The van der Waals surface area contributed by atoms with Crippen molar-refractivity contribution < 1.29 is 27.8 Å². The highest BCUT2D eigenvalue weighted by Crippen LogP contribution is 2.36. The average Bonchev–Trinajstić information content (AvgIpc) is 2.25. The second kappa shape index (κ2) is 4.33. The first-order valence-corrected chi connectivity index (χ1v) is 4.24. The van der Waals surface area contributed by atoms with Crippen LogP contribution in [0.5, 0.6) is 5.75 Å². The molecule has 0 aliphatic heterocycles. The molecule has 0 fully saturated rings. The molecular formula is C10H6F3NO3. The smallest absolute Gasteiger partial charge is 0.417 e. The summed E-state index contributed by atoms with van der Waals surface area (Å²) < 4.78 is 42.0. The van der Waals surface area contributed by atoms with Gasteiger partial charge >= 0.3 is 12.1 Å². The lowest BCUT2D eigenvalue weighted by Gasteiger charge is -2.12. The van der Waals surface area contributed by atoms with Crippen molar-refractivity contribution in [3.05, 3.63) is 28.8 Å². The molecule has 0 radical (unpaired) electrons. The predicted molar refractivity (Wildman–Crippen MR) is 49.2 cm³/mol. The summed E-state index contributed by atoms with van der Waals surface area (Å²) >= 11 is 0. The zero-order valence-electron chi connectivity index (χ0n) is 8.50. The molecule has 0 bridgehead atoms. The standard InChI is InChI=1S/C10H6F3NO3/c1-17-9(16)8-5(4-14)2-6(15)3-7(8)10(11,12)13/h2-3,15H,1H3. The number of carbonyl (C=O) groups excluding carboxylic acids is 1.